The zero-order valence-corrected chi connectivity index (χ0v) is 12.2. The summed E-state index contributed by atoms with van der Waals surface area (Å²) in [5.74, 6) is -0.261. The predicted molar refractivity (Wildman–Crippen MR) is 75.6 cm³/mol. The van der Waals surface area contributed by atoms with Gasteiger partial charge in [0, 0.05) is 19.6 Å². The molecule has 2 N–H and O–H groups in total. The zero-order chi connectivity index (χ0) is 14.6. The summed E-state index contributed by atoms with van der Waals surface area (Å²) < 4.78 is 26.0. The molecule has 0 aliphatic carbocycles. The first-order chi connectivity index (χ1) is 9.54. The van der Waals surface area contributed by atoms with E-state index in [4.69, 9.17) is 0 Å². The second-order valence-electron chi connectivity index (χ2n) is 4.61. The molecule has 1 fully saturated rings. The Hall–Kier alpha value is -1.44. The van der Waals surface area contributed by atoms with Crippen molar-refractivity contribution in [2.45, 2.75) is 18.4 Å². The van der Waals surface area contributed by atoms with Crippen LogP contribution in [0.15, 0.2) is 29.2 Å². The van der Waals surface area contributed by atoms with Crippen molar-refractivity contribution in [2.24, 2.45) is 0 Å². The predicted octanol–water partition coefficient (Wildman–Crippen LogP) is -0.0834. The minimum absolute atomic E-state index is 0.110. The fourth-order valence-corrected chi connectivity index (χ4v) is 3.42. The highest BCUT2D eigenvalue weighted by Gasteiger charge is 2.28. The van der Waals surface area contributed by atoms with Crippen molar-refractivity contribution in [1.29, 1.82) is 0 Å². The molecule has 7 heteroatoms. The average molecular weight is 297 g/mol. The van der Waals surface area contributed by atoms with Gasteiger partial charge >= 0.3 is 0 Å². The molecule has 0 atom stereocenters. The van der Waals surface area contributed by atoms with Crippen LogP contribution in [0.4, 0.5) is 0 Å². The number of piperazine rings is 1. The van der Waals surface area contributed by atoms with Gasteiger partial charge in [0.25, 0.3) is 0 Å². The van der Waals surface area contributed by atoms with Gasteiger partial charge in [0.05, 0.1) is 11.4 Å². The molecule has 1 aliphatic rings. The van der Waals surface area contributed by atoms with Gasteiger partial charge in [-0.3, -0.25) is 4.79 Å². The van der Waals surface area contributed by atoms with Crippen LogP contribution in [0.3, 0.4) is 0 Å². The minimum atomic E-state index is -3.58. The Morgan fingerprint density at radius 2 is 2.00 bits per heavy atom. The van der Waals surface area contributed by atoms with Crippen molar-refractivity contribution in [3.8, 4) is 0 Å². The van der Waals surface area contributed by atoms with Crippen molar-refractivity contribution < 1.29 is 13.2 Å². The molecule has 1 amide bonds. The molecule has 0 unspecified atom stereocenters. The van der Waals surface area contributed by atoms with Gasteiger partial charge in [0.1, 0.15) is 0 Å². The summed E-state index contributed by atoms with van der Waals surface area (Å²) in [5.41, 5.74) is 1.03. The van der Waals surface area contributed by atoms with Crippen molar-refractivity contribution >= 4 is 15.9 Å². The Labute approximate surface area is 119 Å². The molecule has 6 nitrogen and oxygen atoms in total. The number of sulfonamides is 1. The number of nitrogens with one attached hydrogen (secondary N) is 2. The first-order valence-electron chi connectivity index (χ1n) is 6.60. The Kier molecular flexibility index (Phi) is 4.74. The molecule has 0 aromatic heterocycles. The minimum Gasteiger partial charge on any atom is -0.354 e. The van der Waals surface area contributed by atoms with Crippen LogP contribution in [0, 0.1) is 0 Å². The van der Waals surface area contributed by atoms with Crippen LogP contribution in [0.2, 0.25) is 0 Å². The summed E-state index contributed by atoms with van der Waals surface area (Å²) in [4.78, 5) is 11.5. The van der Waals surface area contributed by atoms with E-state index in [1.54, 1.807) is 24.3 Å². The van der Waals surface area contributed by atoms with E-state index in [-0.39, 0.29) is 17.3 Å². The van der Waals surface area contributed by atoms with Gasteiger partial charge in [-0.15, -0.1) is 0 Å². The summed E-state index contributed by atoms with van der Waals surface area (Å²) in [6.07, 6.45) is 0. The lowest BCUT2D eigenvalue weighted by Crippen LogP contribution is -2.49. The van der Waals surface area contributed by atoms with Crippen molar-refractivity contribution in [2.75, 3.05) is 26.2 Å². The highest BCUT2D eigenvalue weighted by molar-refractivity contribution is 7.89. The normalized spacial score (nSPS) is 16.9. The van der Waals surface area contributed by atoms with E-state index >= 15 is 0 Å². The highest BCUT2D eigenvalue weighted by Crippen LogP contribution is 2.17. The fourth-order valence-electron chi connectivity index (χ4n) is 2.02. The molecule has 1 aliphatic heterocycles. The molecule has 1 heterocycles. The first-order valence-corrected chi connectivity index (χ1v) is 8.04. The standard InChI is InChI=1S/C13H19N3O3S/c1-2-14-9-11-3-5-12(6-4-11)20(18,19)16-8-7-15-13(17)10-16/h3-6,14H,2,7-10H2,1H3,(H,15,17). The maximum absolute atomic E-state index is 12.4. The summed E-state index contributed by atoms with van der Waals surface area (Å²) in [7, 11) is -3.58. The van der Waals surface area contributed by atoms with Crippen LogP contribution in [0.1, 0.15) is 12.5 Å². The zero-order valence-electron chi connectivity index (χ0n) is 11.4. The SMILES string of the molecule is CCNCc1ccc(S(=O)(=O)N2CCNC(=O)C2)cc1. The van der Waals surface area contributed by atoms with Crippen molar-refractivity contribution in [3.05, 3.63) is 29.8 Å². The maximum atomic E-state index is 12.4. The molecule has 110 valence electrons. The number of amides is 1. The van der Waals surface area contributed by atoms with Gasteiger partial charge < -0.3 is 10.6 Å². The van der Waals surface area contributed by atoms with Gasteiger partial charge in [0.15, 0.2) is 0 Å². The molecular formula is C13H19N3O3S. The topological polar surface area (TPSA) is 78.5 Å². The monoisotopic (exact) mass is 297 g/mol. The largest absolute Gasteiger partial charge is 0.354 e. The summed E-state index contributed by atoms with van der Waals surface area (Å²) in [6.45, 7) is 4.15. The molecule has 2 rings (SSSR count). The average Bonchev–Trinajstić information content (AvgIpc) is 2.45. The number of rotatable bonds is 5. The van der Waals surface area contributed by atoms with E-state index in [1.165, 1.54) is 4.31 Å². The molecule has 0 bridgehead atoms. The third-order valence-electron chi connectivity index (χ3n) is 3.14. The third kappa shape index (κ3) is 3.36. The molecule has 0 spiro atoms. The van der Waals surface area contributed by atoms with E-state index in [0.717, 1.165) is 12.1 Å². The quantitative estimate of drug-likeness (QED) is 0.796. The highest BCUT2D eigenvalue weighted by atomic mass is 32.2. The number of benzene rings is 1. The fraction of sp³-hybridized carbons (Fsp3) is 0.462. The van der Waals surface area contributed by atoms with Crippen LogP contribution in [0.5, 0.6) is 0 Å². The van der Waals surface area contributed by atoms with Crippen LogP contribution in [-0.4, -0.2) is 44.8 Å². The molecule has 0 saturated carbocycles. The number of hydrogen-bond acceptors (Lipinski definition) is 4. The Morgan fingerprint density at radius 1 is 1.30 bits per heavy atom. The number of nitrogens with zero attached hydrogens (tertiary/aromatic N) is 1. The van der Waals surface area contributed by atoms with Crippen LogP contribution < -0.4 is 10.6 Å². The maximum Gasteiger partial charge on any atom is 0.243 e. The van der Waals surface area contributed by atoms with Gasteiger partial charge in [-0.25, -0.2) is 8.42 Å². The van der Waals surface area contributed by atoms with Gasteiger partial charge in [-0.2, -0.15) is 4.31 Å². The smallest absolute Gasteiger partial charge is 0.243 e. The molecule has 20 heavy (non-hydrogen) atoms. The second-order valence-corrected chi connectivity index (χ2v) is 6.55. The van der Waals surface area contributed by atoms with Crippen molar-refractivity contribution in [3.63, 3.8) is 0 Å². The molecular weight excluding hydrogens is 278 g/mol. The summed E-state index contributed by atoms with van der Waals surface area (Å²) in [6, 6.07) is 6.77. The third-order valence-corrected chi connectivity index (χ3v) is 5.00. The van der Waals surface area contributed by atoms with E-state index in [9.17, 15) is 13.2 Å². The van der Waals surface area contributed by atoms with Crippen LogP contribution in [-0.2, 0) is 21.4 Å². The summed E-state index contributed by atoms with van der Waals surface area (Å²) >= 11 is 0. The lowest BCUT2D eigenvalue weighted by Gasteiger charge is -2.25. The molecule has 1 aromatic carbocycles. The molecule has 0 radical (unpaired) electrons. The first kappa shape index (κ1) is 15.0. The lowest BCUT2D eigenvalue weighted by molar-refractivity contribution is -0.122. The number of carbonyl (C=O) groups excluding carboxylic acids is 1. The van der Waals surface area contributed by atoms with Crippen molar-refractivity contribution in [1.82, 2.24) is 14.9 Å². The second kappa shape index (κ2) is 6.34. The Balaban J connectivity index is 2.14. The van der Waals surface area contributed by atoms with Gasteiger partial charge in [0.2, 0.25) is 15.9 Å². The van der Waals surface area contributed by atoms with E-state index < -0.39 is 10.0 Å². The molecule has 1 aromatic rings. The lowest BCUT2D eigenvalue weighted by atomic mass is 10.2. The number of carbonyl (C=O) groups is 1. The molecule has 1 saturated heterocycles. The van der Waals surface area contributed by atoms with E-state index in [2.05, 4.69) is 10.6 Å². The number of hydrogen-bond donors (Lipinski definition) is 2. The van der Waals surface area contributed by atoms with Gasteiger partial charge in [-0.05, 0) is 24.2 Å². The van der Waals surface area contributed by atoms with Crippen LogP contribution >= 0.6 is 0 Å². The Bertz CT molecular complexity index is 569. The summed E-state index contributed by atoms with van der Waals surface area (Å²) in [5, 5.41) is 5.79. The van der Waals surface area contributed by atoms with Crippen LogP contribution in [0.25, 0.3) is 0 Å². The Morgan fingerprint density at radius 3 is 2.60 bits per heavy atom. The van der Waals surface area contributed by atoms with E-state index in [1.807, 2.05) is 6.92 Å². The van der Waals surface area contributed by atoms with E-state index in [0.29, 0.717) is 19.6 Å². The van der Waals surface area contributed by atoms with Gasteiger partial charge in [-0.1, -0.05) is 19.1 Å².